The summed E-state index contributed by atoms with van der Waals surface area (Å²) < 4.78 is 14.3. The average molecular weight is 995 g/mol. The second-order valence-electron chi connectivity index (χ2n) is 15.2. The quantitative estimate of drug-likeness (QED) is 0.110. The van der Waals surface area contributed by atoms with E-state index in [2.05, 4.69) is 57.9 Å². The number of rotatable bonds is 9. The summed E-state index contributed by atoms with van der Waals surface area (Å²) in [5.41, 5.74) is 15.2. The molecule has 0 heterocycles. The highest BCUT2D eigenvalue weighted by molar-refractivity contribution is 6.93. The van der Waals surface area contributed by atoms with E-state index in [1.807, 2.05) is 62.4 Å². The number of nitrogens with two attached hydrogens (primary N) is 2. The maximum Gasteiger partial charge on any atom is 0.306 e. The Morgan fingerprint density at radius 2 is 0.836 bits per heavy atom. The van der Waals surface area contributed by atoms with Crippen molar-refractivity contribution in [2.75, 3.05) is 25.7 Å². The van der Waals surface area contributed by atoms with Gasteiger partial charge in [0.2, 0.25) is 0 Å². The fourth-order valence-electron chi connectivity index (χ4n) is 6.96. The lowest BCUT2D eigenvalue weighted by molar-refractivity contribution is -0.153. The van der Waals surface area contributed by atoms with Crippen molar-refractivity contribution in [2.24, 2.45) is 41.4 Å². The molecular formula is C46H101N2O6P7. The van der Waals surface area contributed by atoms with E-state index in [4.69, 9.17) is 16.2 Å². The van der Waals surface area contributed by atoms with Crippen molar-refractivity contribution in [1.29, 1.82) is 0 Å². The first-order valence-electron chi connectivity index (χ1n) is 20.1. The van der Waals surface area contributed by atoms with E-state index in [-0.39, 0.29) is 101 Å². The number of anilines is 2. The van der Waals surface area contributed by atoms with Gasteiger partial charge in [0, 0.05) is 31.1 Å². The molecule has 4 N–H and O–H groups in total. The van der Waals surface area contributed by atoms with E-state index in [0.717, 1.165) is 79.5 Å². The zero-order valence-electron chi connectivity index (χ0n) is 40.4. The Hall–Kier alpha value is -0.540. The van der Waals surface area contributed by atoms with Crippen LogP contribution < -0.4 is 11.5 Å². The second kappa shape index (κ2) is 47.4. The van der Waals surface area contributed by atoms with E-state index >= 15 is 0 Å². The number of hydrogen-bond acceptors (Lipinski definition) is 8. The van der Waals surface area contributed by atoms with Crippen LogP contribution in [0, 0.1) is 41.4 Å². The predicted octanol–water partition coefficient (Wildman–Crippen LogP) is 11.5. The van der Waals surface area contributed by atoms with Crippen LogP contribution >= 0.6 is 69.3 Å². The van der Waals surface area contributed by atoms with Gasteiger partial charge in [-0.1, -0.05) is 94.0 Å². The molecule has 2 fully saturated rings. The molecular weight excluding hydrogens is 893 g/mol. The molecule has 0 radical (unpaired) electrons. The minimum Gasteiger partial charge on any atom is -0.469 e. The zero-order chi connectivity index (χ0) is 40.5. The standard InChI is InChI=1S/C19H29NO2.C11H15NO2.C10H20.C3H6O2.C2H6.CH4.7H3P/c1-13-11-18(12-14(2)15(13)3)22-19(21)6-4-5-16-7-9-17(20)10-8-16;1-14-11(13)4-2-3-9-5-7-10(12)8-6-9;1-7-5-8(2)10(4)9(3)6-7;1-3(4)5-2;1-2;;;;;;;;/h7-10,13-15,18H,4-6,11-12,20H2,1-3H3;5-8H,2-4,12H2,1H3;7-10H,5-6H2,1-4H3;1-2H3;1-2H3;1H4;7*1H3. The number of carbonyl (C=O) groups is 3. The molecule has 0 amide bonds. The number of esters is 3. The predicted molar refractivity (Wildman–Crippen MR) is 306 cm³/mol. The van der Waals surface area contributed by atoms with Gasteiger partial charge in [0.25, 0.3) is 0 Å². The minimum absolute atomic E-state index is 0. The van der Waals surface area contributed by atoms with Crippen LogP contribution in [0.5, 0.6) is 0 Å². The molecule has 11 atom stereocenters. The van der Waals surface area contributed by atoms with Crippen molar-refractivity contribution in [3.8, 4) is 0 Å². The molecule has 2 aliphatic carbocycles. The van der Waals surface area contributed by atoms with Crippen LogP contribution in [0.3, 0.4) is 0 Å². The van der Waals surface area contributed by atoms with Gasteiger partial charge in [-0.3, -0.25) is 14.4 Å². The Balaban J connectivity index is -0.0000000871. The van der Waals surface area contributed by atoms with Crippen molar-refractivity contribution < 1.29 is 28.6 Å². The molecule has 4 rings (SSSR count). The van der Waals surface area contributed by atoms with Crippen molar-refractivity contribution in [2.45, 2.75) is 147 Å². The topological polar surface area (TPSA) is 131 Å². The Labute approximate surface area is 399 Å². The number of ether oxygens (including phenoxy) is 3. The van der Waals surface area contributed by atoms with Crippen molar-refractivity contribution in [3.63, 3.8) is 0 Å². The van der Waals surface area contributed by atoms with Gasteiger partial charge < -0.3 is 25.7 Å². The van der Waals surface area contributed by atoms with E-state index in [0.29, 0.717) is 24.7 Å². The molecule has 366 valence electrons. The lowest BCUT2D eigenvalue weighted by Crippen LogP contribution is -2.33. The maximum atomic E-state index is 12.0. The molecule has 2 aromatic rings. The summed E-state index contributed by atoms with van der Waals surface area (Å²) in [6.45, 7) is 21.8. The molecule has 2 aromatic carbocycles. The van der Waals surface area contributed by atoms with Gasteiger partial charge in [0.05, 0.1) is 14.2 Å². The summed E-state index contributed by atoms with van der Waals surface area (Å²) in [6.07, 6.45) is 9.43. The van der Waals surface area contributed by atoms with Gasteiger partial charge in [0.1, 0.15) is 6.10 Å². The van der Waals surface area contributed by atoms with Crippen molar-refractivity contribution in [1.82, 2.24) is 0 Å². The third-order valence-electron chi connectivity index (χ3n) is 10.9. The number of hydrogen-bond donors (Lipinski definition) is 2. The third-order valence-corrected chi connectivity index (χ3v) is 10.9. The summed E-state index contributed by atoms with van der Waals surface area (Å²) in [5.74, 6) is 5.39. The van der Waals surface area contributed by atoms with Crippen LogP contribution in [0.4, 0.5) is 11.4 Å². The second-order valence-corrected chi connectivity index (χ2v) is 15.2. The molecule has 8 nitrogen and oxygen atoms in total. The number of benzene rings is 2. The molecule has 15 heteroatoms. The highest BCUT2D eigenvalue weighted by Crippen LogP contribution is 2.37. The molecule has 61 heavy (non-hydrogen) atoms. The molecule has 0 spiro atoms. The Morgan fingerprint density at radius 3 is 1.13 bits per heavy atom. The zero-order valence-corrected chi connectivity index (χ0v) is 50.3. The molecule has 0 bridgehead atoms. The summed E-state index contributed by atoms with van der Waals surface area (Å²) in [5, 5.41) is 0. The normalized spacial score (nSPS) is 21.2. The van der Waals surface area contributed by atoms with Crippen molar-refractivity contribution >= 4 is 98.6 Å². The monoisotopic (exact) mass is 995 g/mol. The Kier molecular flexibility index (Phi) is 62.8. The van der Waals surface area contributed by atoms with Gasteiger partial charge >= 0.3 is 17.9 Å². The average Bonchev–Trinajstić information content (AvgIpc) is 3.12. The van der Waals surface area contributed by atoms with Crippen molar-refractivity contribution in [3.05, 3.63) is 59.7 Å². The number of carbonyl (C=O) groups excluding carboxylic acids is 3. The largest absolute Gasteiger partial charge is 0.469 e. The van der Waals surface area contributed by atoms with Gasteiger partial charge in [0.15, 0.2) is 0 Å². The van der Waals surface area contributed by atoms with Gasteiger partial charge in [-0.05, 0) is 128 Å². The number of methoxy groups -OCH3 is 2. The first-order chi connectivity index (χ1) is 25.1. The van der Waals surface area contributed by atoms with Gasteiger partial charge in [-0.15, -0.1) is 0 Å². The Morgan fingerprint density at radius 1 is 0.541 bits per heavy atom. The third kappa shape index (κ3) is 38.4. The molecule has 0 aliphatic heterocycles. The molecule has 2 saturated carbocycles. The smallest absolute Gasteiger partial charge is 0.306 e. The van der Waals surface area contributed by atoms with Gasteiger partial charge in [-0.25, -0.2) is 0 Å². The molecule has 0 saturated heterocycles. The highest BCUT2D eigenvalue weighted by Gasteiger charge is 2.32. The first-order valence-corrected chi connectivity index (χ1v) is 20.1. The van der Waals surface area contributed by atoms with Crippen LogP contribution in [0.1, 0.15) is 139 Å². The van der Waals surface area contributed by atoms with Crippen LogP contribution in [-0.4, -0.2) is 38.2 Å². The lowest BCUT2D eigenvalue weighted by atomic mass is 9.71. The summed E-state index contributed by atoms with van der Waals surface area (Å²) in [6, 6.07) is 15.5. The Bertz CT molecular complexity index is 1270. The highest BCUT2D eigenvalue weighted by atomic mass is 31.0. The number of aryl methyl sites for hydroxylation is 2. The van der Waals surface area contributed by atoms with Crippen LogP contribution in [0.2, 0.25) is 0 Å². The van der Waals surface area contributed by atoms with Crippen LogP contribution in [-0.2, 0) is 41.4 Å². The fraction of sp³-hybridized carbons (Fsp3) is 0.674. The van der Waals surface area contributed by atoms with Crippen LogP contribution in [0.15, 0.2) is 48.5 Å². The fourth-order valence-corrected chi connectivity index (χ4v) is 6.96. The summed E-state index contributed by atoms with van der Waals surface area (Å²) in [7, 11) is 2.76. The molecule has 0 aromatic heterocycles. The van der Waals surface area contributed by atoms with Gasteiger partial charge in [-0.2, -0.15) is 69.3 Å². The van der Waals surface area contributed by atoms with E-state index in [1.54, 1.807) is 0 Å². The molecule has 11 unspecified atom stereocenters. The van der Waals surface area contributed by atoms with E-state index in [1.165, 1.54) is 45.1 Å². The lowest BCUT2D eigenvalue weighted by Gasteiger charge is -2.36. The summed E-state index contributed by atoms with van der Waals surface area (Å²) >= 11 is 0. The maximum absolute atomic E-state index is 12.0. The SMILES string of the molecule is C.CC.CC1CC(C)C(C)C(C)C1.CC1CC(OC(=O)CCCc2ccc(N)cc2)CC(C)C1C.COC(=O)CCCc1ccc(N)cc1.COC(C)=O.P.P.P.P.P.P.P. The minimum atomic E-state index is -0.245. The number of nitrogen functional groups attached to an aromatic ring is 2. The summed E-state index contributed by atoms with van der Waals surface area (Å²) in [4.78, 5) is 32.4. The van der Waals surface area contributed by atoms with E-state index in [9.17, 15) is 14.4 Å². The van der Waals surface area contributed by atoms with E-state index < -0.39 is 0 Å². The molecule has 2 aliphatic rings. The van der Waals surface area contributed by atoms with Crippen LogP contribution in [0.25, 0.3) is 0 Å². The first kappa shape index (κ1) is 80.7.